The number of fused-ring (bicyclic) bond motifs is 1. The summed E-state index contributed by atoms with van der Waals surface area (Å²) >= 11 is 0. The van der Waals surface area contributed by atoms with Gasteiger partial charge in [0.15, 0.2) is 0 Å². The van der Waals surface area contributed by atoms with Crippen LogP contribution in [-0.2, 0) is 4.79 Å². The summed E-state index contributed by atoms with van der Waals surface area (Å²) in [6, 6.07) is 0. The van der Waals surface area contributed by atoms with E-state index in [2.05, 4.69) is 34.6 Å². The van der Waals surface area contributed by atoms with Gasteiger partial charge in [-0.2, -0.15) is 0 Å². The summed E-state index contributed by atoms with van der Waals surface area (Å²) in [6.07, 6.45) is 10.3. The summed E-state index contributed by atoms with van der Waals surface area (Å²) in [5, 5.41) is 10.7. The molecule has 0 amide bonds. The van der Waals surface area contributed by atoms with Crippen molar-refractivity contribution in [3.05, 3.63) is 0 Å². The summed E-state index contributed by atoms with van der Waals surface area (Å²) in [4.78, 5) is 12.1. The van der Waals surface area contributed by atoms with Gasteiger partial charge in [-0.15, -0.1) is 0 Å². The topological polar surface area (TPSA) is 37.3 Å². The molecule has 1 N–H and O–H groups in total. The highest BCUT2D eigenvalue weighted by Gasteiger charge is 2.43. The number of hydrogen-bond acceptors (Lipinski definition) is 2. The van der Waals surface area contributed by atoms with Crippen molar-refractivity contribution in [1.82, 2.24) is 0 Å². The van der Waals surface area contributed by atoms with Gasteiger partial charge in [0.25, 0.3) is 0 Å². The summed E-state index contributed by atoms with van der Waals surface area (Å²) < 4.78 is 0. The fourth-order valence-electron chi connectivity index (χ4n) is 5.70. The molecule has 2 aliphatic carbocycles. The van der Waals surface area contributed by atoms with Gasteiger partial charge in [-0.25, -0.2) is 0 Å². The Kier molecular flexibility index (Phi) is 7.55. The third-order valence-corrected chi connectivity index (χ3v) is 8.12. The number of carbonyl (C=O) groups excluding carboxylic acids is 1. The summed E-state index contributed by atoms with van der Waals surface area (Å²) in [6.45, 7) is 11.9. The number of hydrogen-bond donors (Lipinski definition) is 1. The first-order chi connectivity index (χ1) is 11.8. The van der Waals surface area contributed by atoms with Crippen molar-refractivity contribution < 1.29 is 9.90 Å². The van der Waals surface area contributed by atoms with Crippen molar-refractivity contribution in [3.8, 4) is 0 Å². The predicted octanol–water partition coefficient (Wildman–Crippen LogP) is 6.01. The number of rotatable bonds is 1. The molecule has 0 bridgehead atoms. The van der Waals surface area contributed by atoms with Gasteiger partial charge in [0, 0.05) is 12.8 Å². The van der Waals surface area contributed by atoms with Crippen LogP contribution < -0.4 is 0 Å². The molecule has 0 aliphatic heterocycles. The lowest BCUT2D eigenvalue weighted by Gasteiger charge is -2.46. The third kappa shape index (κ3) is 5.31. The van der Waals surface area contributed by atoms with Crippen LogP contribution in [0.15, 0.2) is 0 Å². The molecule has 25 heavy (non-hydrogen) atoms. The van der Waals surface area contributed by atoms with Gasteiger partial charge < -0.3 is 5.11 Å². The molecule has 1 unspecified atom stereocenters. The Morgan fingerprint density at radius 1 is 1.08 bits per heavy atom. The molecule has 7 atom stereocenters. The van der Waals surface area contributed by atoms with Crippen molar-refractivity contribution in [1.29, 1.82) is 0 Å². The second-order valence-electron chi connectivity index (χ2n) is 9.88. The second-order valence-corrected chi connectivity index (χ2v) is 9.88. The van der Waals surface area contributed by atoms with E-state index in [9.17, 15) is 9.90 Å². The molecular formula is C23H42O2. The number of aliphatic hydroxyl groups excluding tert-OH is 1. The molecule has 0 aromatic rings. The van der Waals surface area contributed by atoms with Gasteiger partial charge in [0.2, 0.25) is 0 Å². The largest absolute Gasteiger partial charge is 0.393 e. The molecule has 2 heteroatoms. The van der Waals surface area contributed by atoms with Gasteiger partial charge in [-0.1, -0.05) is 53.9 Å². The average molecular weight is 351 g/mol. The highest BCUT2D eigenvalue weighted by atomic mass is 16.3. The lowest BCUT2D eigenvalue weighted by Crippen LogP contribution is -2.41. The van der Waals surface area contributed by atoms with Crippen LogP contribution in [-0.4, -0.2) is 17.0 Å². The first-order valence-electron chi connectivity index (χ1n) is 11.0. The van der Waals surface area contributed by atoms with Gasteiger partial charge in [0.1, 0.15) is 5.78 Å². The van der Waals surface area contributed by atoms with Gasteiger partial charge in [-0.3, -0.25) is 4.79 Å². The zero-order valence-electron chi connectivity index (χ0n) is 17.4. The zero-order valence-corrected chi connectivity index (χ0v) is 17.4. The summed E-state index contributed by atoms with van der Waals surface area (Å²) in [5.41, 5.74) is 0.216. The number of ketones is 1. The van der Waals surface area contributed by atoms with E-state index in [1.54, 1.807) is 0 Å². The van der Waals surface area contributed by atoms with E-state index in [1.807, 2.05) is 0 Å². The van der Waals surface area contributed by atoms with Crippen LogP contribution in [0.25, 0.3) is 0 Å². The molecule has 0 radical (unpaired) electrons. The third-order valence-electron chi connectivity index (χ3n) is 8.12. The smallest absolute Gasteiger partial charge is 0.133 e. The summed E-state index contributed by atoms with van der Waals surface area (Å²) in [5.74, 6) is 3.61. The number of carbonyl (C=O) groups is 1. The molecule has 0 aromatic heterocycles. The number of aliphatic hydroxyl groups is 1. The van der Waals surface area contributed by atoms with E-state index in [4.69, 9.17) is 0 Å². The van der Waals surface area contributed by atoms with Crippen LogP contribution >= 0.6 is 0 Å². The maximum Gasteiger partial charge on any atom is 0.133 e. The first-order valence-corrected chi connectivity index (χ1v) is 11.0. The molecule has 0 saturated heterocycles. The molecule has 2 aliphatic rings. The average Bonchev–Trinajstić information content (AvgIpc) is 2.56. The van der Waals surface area contributed by atoms with Crippen LogP contribution in [0.3, 0.4) is 0 Å². The van der Waals surface area contributed by atoms with Crippen molar-refractivity contribution in [2.45, 2.75) is 105 Å². The molecule has 0 spiro atoms. The van der Waals surface area contributed by atoms with E-state index < -0.39 is 0 Å². The SMILES string of the molecule is CC[C@H]1CC[C@H](C)CC(O)C[C@@H]2CC(=O)CC[C@]2(C)[C@H](C)CC[C@@H]1C. The molecule has 146 valence electrons. The Labute approximate surface area is 156 Å². The van der Waals surface area contributed by atoms with Crippen LogP contribution in [0.2, 0.25) is 0 Å². The Bertz CT molecular complexity index is 432. The molecule has 0 aromatic carbocycles. The maximum atomic E-state index is 12.1. The highest BCUT2D eigenvalue weighted by Crippen LogP contribution is 2.50. The Hall–Kier alpha value is -0.370. The molecule has 2 fully saturated rings. The lowest BCUT2D eigenvalue weighted by molar-refractivity contribution is -0.127. The standard InChI is InChI=1S/C23H42O2/c1-6-19-10-7-16(2)13-22(25)15-20-14-21(24)11-12-23(20,5)18(4)9-8-17(19)3/h16-20,22,25H,6-15H2,1-5H3/t16-,17-,18+,19-,20-,22?,23+/m0/s1. The van der Waals surface area contributed by atoms with Crippen LogP contribution in [0.4, 0.5) is 0 Å². The quantitative estimate of drug-likeness (QED) is 0.628. The fraction of sp³-hybridized carbons (Fsp3) is 0.957. The molecular weight excluding hydrogens is 308 g/mol. The fourth-order valence-corrected chi connectivity index (χ4v) is 5.70. The van der Waals surface area contributed by atoms with Crippen molar-refractivity contribution in [2.24, 2.45) is 35.0 Å². The first kappa shape index (κ1) is 20.9. The Balaban J connectivity index is 2.20. The highest BCUT2D eigenvalue weighted by molar-refractivity contribution is 5.79. The van der Waals surface area contributed by atoms with E-state index in [-0.39, 0.29) is 11.5 Å². The van der Waals surface area contributed by atoms with Crippen molar-refractivity contribution in [3.63, 3.8) is 0 Å². The van der Waals surface area contributed by atoms with Crippen molar-refractivity contribution >= 4 is 5.78 Å². The predicted molar refractivity (Wildman–Crippen MR) is 105 cm³/mol. The minimum absolute atomic E-state index is 0.216. The minimum atomic E-state index is -0.240. The lowest BCUT2D eigenvalue weighted by atomic mass is 9.58. The minimum Gasteiger partial charge on any atom is -0.393 e. The van der Waals surface area contributed by atoms with Crippen LogP contribution in [0.1, 0.15) is 98.8 Å². The van der Waals surface area contributed by atoms with E-state index in [1.165, 1.54) is 32.1 Å². The second kappa shape index (κ2) is 9.02. The molecule has 2 rings (SSSR count). The van der Waals surface area contributed by atoms with E-state index in [0.29, 0.717) is 30.0 Å². The van der Waals surface area contributed by atoms with Crippen molar-refractivity contribution in [2.75, 3.05) is 0 Å². The van der Waals surface area contributed by atoms with Crippen LogP contribution in [0, 0.1) is 35.0 Å². The van der Waals surface area contributed by atoms with Gasteiger partial charge in [-0.05, 0) is 67.1 Å². The van der Waals surface area contributed by atoms with Gasteiger partial charge >= 0.3 is 0 Å². The monoisotopic (exact) mass is 350 g/mol. The Morgan fingerprint density at radius 2 is 1.80 bits per heavy atom. The molecule has 0 heterocycles. The summed E-state index contributed by atoms with van der Waals surface area (Å²) in [7, 11) is 0. The zero-order chi connectivity index (χ0) is 18.6. The van der Waals surface area contributed by atoms with Gasteiger partial charge in [0.05, 0.1) is 6.10 Å². The maximum absolute atomic E-state index is 12.1. The normalized spacial score (nSPS) is 45.0. The van der Waals surface area contributed by atoms with E-state index >= 15 is 0 Å². The molecule has 2 saturated carbocycles. The Morgan fingerprint density at radius 3 is 2.48 bits per heavy atom. The number of Topliss-reactive ketones (excluding diaryl/α,β-unsaturated/α-hetero) is 1. The van der Waals surface area contributed by atoms with Crippen LogP contribution in [0.5, 0.6) is 0 Å². The van der Waals surface area contributed by atoms with E-state index in [0.717, 1.165) is 37.5 Å². The molecule has 2 nitrogen and oxygen atoms in total.